The third-order valence-electron chi connectivity index (χ3n) is 8.74. The van der Waals surface area contributed by atoms with E-state index in [0.717, 1.165) is 28.1 Å². The van der Waals surface area contributed by atoms with Crippen LogP contribution in [0.5, 0.6) is 0 Å². The van der Waals surface area contributed by atoms with Crippen LogP contribution in [-0.4, -0.2) is 46.4 Å². The van der Waals surface area contributed by atoms with Gasteiger partial charge in [0.25, 0.3) is 5.56 Å². The van der Waals surface area contributed by atoms with Crippen molar-refractivity contribution in [2.75, 3.05) is 29.9 Å². The van der Waals surface area contributed by atoms with Gasteiger partial charge in [0.05, 0.1) is 16.8 Å². The average molecular weight is 584 g/mol. The quantitative estimate of drug-likeness (QED) is 0.253. The summed E-state index contributed by atoms with van der Waals surface area (Å²) in [6.07, 6.45) is 3.66. The lowest BCUT2D eigenvalue weighted by Crippen LogP contribution is -2.47. The van der Waals surface area contributed by atoms with Crippen molar-refractivity contribution in [1.82, 2.24) is 14.5 Å². The summed E-state index contributed by atoms with van der Waals surface area (Å²) >= 11 is 0. The van der Waals surface area contributed by atoms with Crippen LogP contribution in [0.2, 0.25) is 0 Å². The third kappa shape index (κ3) is 5.38. The highest BCUT2D eigenvalue weighted by molar-refractivity contribution is 6.19. The number of amides is 2. The standard InChI is InChI=1S/C34H41N5O4/c1-9-39-28-13-12-25(18-29(28)36(8)32(41)34(6,7)33(39)42)20-37(24(5)26-11-10-14-35-23(26)4)15-16-38-19-21(2)30-27(31(38)40)17-22(3)43-30/h10-14,17-19,24H,9,15-16,20H2,1-8H3. The molecule has 2 amide bonds. The second-order valence-electron chi connectivity index (χ2n) is 12.1. The van der Waals surface area contributed by atoms with Gasteiger partial charge in [-0.1, -0.05) is 12.1 Å². The number of carbonyl (C=O) groups is 2. The molecule has 226 valence electrons. The maximum absolute atomic E-state index is 13.4. The molecule has 9 heteroatoms. The molecule has 5 rings (SSSR count). The number of furan rings is 1. The zero-order chi connectivity index (χ0) is 31.2. The van der Waals surface area contributed by atoms with Gasteiger partial charge in [-0.05, 0) is 83.9 Å². The van der Waals surface area contributed by atoms with Gasteiger partial charge in [0.2, 0.25) is 11.8 Å². The number of hydrogen-bond acceptors (Lipinski definition) is 6. The van der Waals surface area contributed by atoms with Gasteiger partial charge >= 0.3 is 0 Å². The van der Waals surface area contributed by atoms with Gasteiger partial charge < -0.3 is 18.8 Å². The highest BCUT2D eigenvalue weighted by Gasteiger charge is 2.45. The van der Waals surface area contributed by atoms with Crippen LogP contribution < -0.4 is 15.4 Å². The molecule has 1 atom stereocenters. The fourth-order valence-corrected chi connectivity index (χ4v) is 6.20. The summed E-state index contributed by atoms with van der Waals surface area (Å²) in [5.41, 5.74) is 4.82. The average Bonchev–Trinajstić information content (AvgIpc) is 3.38. The van der Waals surface area contributed by atoms with E-state index in [2.05, 4.69) is 22.9 Å². The summed E-state index contributed by atoms with van der Waals surface area (Å²) in [5, 5.41) is 0.594. The Bertz CT molecular complexity index is 1770. The molecule has 0 N–H and O–H groups in total. The Balaban J connectivity index is 1.51. The molecule has 3 aromatic heterocycles. The van der Waals surface area contributed by atoms with Crippen molar-refractivity contribution in [2.24, 2.45) is 5.41 Å². The molecule has 9 nitrogen and oxygen atoms in total. The molecule has 0 spiro atoms. The number of aryl methyl sites for hydroxylation is 3. The number of pyridine rings is 2. The first-order valence-corrected chi connectivity index (χ1v) is 14.8. The zero-order valence-electron chi connectivity index (χ0n) is 26.4. The van der Waals surface area contributed by atoms with Crippen molar-refractivity contribution in [3.63, 3.8) is 0 Å². The number of aromatic nitrogens is 2. The molecule has 0 bridgehead atoms. The monoisotopic (exact) mass is 583 g/mol. The van der Waals surface area contributed by atoms with E-state index in [4.69, 9.17) is 4.42 Å². The Hall–Kier alpha value is -4.24. The summed E-state index contributed by atoms with van der Waals surface area (Å²) in [4.78, 5) is 50.3. The molecule has 0 saturated heterocycles. The Morgan fingerprint density at radius 1 is 1.02 bits per heavy atom. The maximum atomic E-state index is 13.4. The molecule has 4 heterocycles. The van der Waals surface area contributed by atoms with Gasteiger partial charge in [-0.15, -0.1) is 0 Å². The molecule has 1 unspecified atom stereocenters. The minimum Gasteiger partial charge on any atom is -0.461 e. The van der Waals surface area contributed by atoms with Gasteiger partial charge in [0, 0.05) is 62.9 Å². The van der Waals surface area contributed by atoms with E-state index in [-0.39, 0.29) is 23.4 Å². The molecule has 1 aliphatic rings. The van der Waals surface area contributed by atoms with Crippen molar-refractivity contribution >= 4 is 34.2 Å². The van der Waals surface area contributed by atoms with Crippen LogP contribution in [0.25, 0.3) is 11.0 Å². The topological polar surface area (TPSA) is 91.9 Å². The molecular weight excluding hydrogens is 542 g/mol. The summed E-state index contributed by atoms with van der Waals surface area (Å²) in [6.45, 7) is 15.4. The van der Waals surface area contributed by atoms with Crippen LogP contribution in [0.15, 0.2) is 58.0 Å². The van der Waals surface area contributed by atoms with Crippen LogP contribution in [0.4, 0.5) is 11.4 Å². The second-order valence-corrected chi connectivity index (χ2v) is 12.1. The molecule has 43 heavy (non-hydrogen) atoms. The van der Waals surface area contributed by atoms with Gasteiger partial charge in [0.1, 0.15) is 16.8 Å². The van der Waals surface area contributed by atoms with E-state index in [1.54, 1.807) is 47.5 Å². The Morgan fingerprint density at radius 2 is 1.77 bits per heavy atom. The predicted molar refractivity (Wildman–Crippen MR) is 169 cm³/mol. The van der Waals surface area contributed by atoms with Crippen LogP contribution >= 0.6 is 0 Å². The highest BCUT2D eigenvalue weighted by Crippen LogP contribution is 2.39. The van der Waals surface area contributed by atoms with Crippen molar-refractivity contribution < 1.29 is 14.0 Å². The van der Waals surface area contributed by atoms with Gasteiger partial charge in [-0.3, -0.25) is 24.3 Å². The summed E-state index contributed by atoms with van der Waals surface area (Å²) in [7, 11) is 1.74. The normalized spacial score (nSPS) is 15.7. The molecule has 0 aliphatic carbocycles. The van der Waals surface area contributed by atoms with Crippen LogP contribution in [0.1, 0.15) is 61.9 Å². The third-order valence-corrected chi connectivity index (χ3v) is 8.74. The number of anilines is 2. The lowest BCUT2D eigenvalue weighted by Gasteiger charge is -2.31. The van der Waals surface area contributed by atoms with Gasteiger partial charge in [-0.25, -0.2) is 0 Å². The fraction of sp³-hybridized carbons (Fsp3) is 0.412. The zero-order valence-corrected chi connectivity index (χ0v) is 26.4. The smallest absolute Gasteiger partial charge is 0.261 e. The van der Waals surface area contributed by atoms with Crippen molar-refractivity contribution in [1.29, 1.82) is 0 Å². The fourth-order valence-electron chi connectivity index (χ4n) is 6.20. The second kappa shape index (κ2) is 11.4. The Labute approximate surface area is 252 Å². The van der Waals surface area contributed by atoms with Crippen molar-refractivity contribution in [3.05, 3.63) is 87.3 Å². The minimum absolute atomic E-state index is 0.00350. The molecule has 1 aromatic carbocycles. The van der Waals surface area contributed by atoms with Crippen molar-refractivity contribution in [3.8, 4) is 0 Å². The van der Waals surface area contributed by atoms with E-state index in [9.17, 15) is 14.4 Å². The van der Waals surface area contributed by atoms with E-state index < -0.39 is 5.41 Å². The van der Waals surface area contributed by atoms with Gasteiger partial charge in [-0.2, -0.15) is 0 Å². The number of rotatable bonds is 8. The number of hydrogen-bond donors (Lipinski definition) is 0. The van der Waals surface area contributed by atoms with E-state index in [0.29, 0.717) is 48.6 Å². The largest absolute Gasteiger partial charge is 0.461 e. The summed E-state index contributed by atoms with van der Waals surface area (Å²) in [5.74, 6) is 0.280. The number of benzene rings is 1. The molecule has 4 aromatic rings. The summed E-state index contributed by atoms with van der Waals surface area (Å²) in [6, 6.07) is 11.8. The highest BCUT2D eigenvalue weighted by atomic mass is 16.3. The van der Waals surface area contributed by atoms with E-state index in [1.165, 1.54) is 0 Å². The maximum Gasteiger partial charge on any atom is 0.261 e. The minimum atomic E-state index is -1.16. The number of nitrogens with zero attached hydrogens (tertiary/aromatic N) is 5. The summed E-state index contributed by atoms with van der Waals surface area (Å²) < 4.78 is 7.53. The van der Waals surface area contributed by atoms with Crippen LogP contribution in [0, 0.1) is 26.2 Å². The number of carbonyl (C=O) groups excluding carboxylic acids is 2. The van der Waals surface area contributed by atoms with E-state index >= 15 is 0 Å². The number of fused-ring (bicyclic) bond motifs is 2. The Morgan fingerprint density at radius 3 is 2.47 bits per heavy atom. The predicted octanol–water partition coefficient (Wildman–Crippen LogP) is 5.53. The van der Waals surface area contributed by atoms with E-state index in [1.807, 2.05) is 58.2 Å². The van der Waals surface area contributed by atoms with Crippen LogP contribution in [-0.2, 0) is 22.7 Å². The first kappa shape index (κ1) is 30.2. The van der Waals surface area contributed by atoms with Crippen molar-refractivity contribution in [2.45, 2.75) is 67.6 Å². The lowest BCUT2D eigenvalue weighted by molar-refractivity contribution is -0.137. The first-order valence-electron chi connectivity index (χ1n) is 14.8. The molecule has 0 fully saturated rings. The molecule has 1 aliphatic heterocycles. The lowest BCUT2D eigenvalue weighted by atomic mass is 9.90. The molecule has 0 saturated carbocycles. The first-order chi connectivity index (χ1) is 20.3. The SMILES string of the molecule is CCN1C(=O)C(C)(C)C(=O)N(C)c2cc(CN(CCn3cc(C)c4oc(C)cc4c3=O)C(C)c3cccnc3C)ccc21. The molecule has 0 radical (unpaired) electrons. The molecular formula is C34H41N5O4. The van der Waals surface area contributed by atoms with Crippen LogP contribution in [0.3, 0.4) is 0 Å². The van der Waals surface area contributed by atoms with Gasteiger partial charge in [0.15, 0.2) is 0 Å². The Kier molecular flexibility index (Phi) is 8.05.